The quantitative estimate of drug-likeness (QED) is 0.659. The Balaban J connectivity index is 2.45. The van der Waals surface area contributed by atoms with Gasteiger partial charge in [0.2, 0.25) is 0 Å². The van der Waals surface area contributed by atoms with E-state index in [2.05, 4.69) is 52.0 Å². The first-order valence-corrected chi connectivity index (χ1v) is 7.17. The van der Waals surface area contributed by atoms with Crippen LogP contribution in [0.25, 0.3) is 0 Å². The molecule has 2 heteroatoms. The second-order valence-electron chi connectivity index (χ2n) is 5.37. The van der Waals surface area contributed by atoms with Gasteiger partial charge in [-0.3, -0.25) is 0 Å². The number of hydrogen-bond acceptors (Lipinski definition) is 2. The number of ether oxygens (including phenoxy) is 1. The molecule has 0 aromatic heterocycles. The second kappa shape index (κ2) is 7.19. The molecule has 0 N–H and O–H groups in total. The summed E-state index contributed by atoms with van der Waals surface area (Å²) in [5.41, 5.74) is 2.29. The third-order valence-electron chi connectivity index (χ3n) is 3.85. The van der Waals surface area contributed by atoms with Crippen LogP contribution in [-0.4, -0.2) is 6.61 Å². The fourth-order valence-electron chi connectivity index (χ4n) is 2.43. The van der Waals surface area contributed by atoms with E-state index in [4.69, 9.17) is 4.74 Å². The number of hydrogen-bond donors (Lipinski definition) is 0. The van der Waals surface area contributed by atoms with Crippen LogP contribution in [0.2, 0.25) is 0 Å². The van der Waals surface area contributed by atoms with Crippen LogP contribution < -0.4 is 4.74 Å². The molecular formula is C17H25NO. The molecule has 0 aliphatic heterocycles. The summed E-state index contributed by atoms with van der Waals surface area (Å²) in [5.74, 6) is 0.938. The molecule has 0 heterocycles. The molecule has 0 aliphatic rings. The zero-order valence-corrected chi connectivity index (χ0v) is 12.6. The predicted molar refractivity (Wildman–Crippen MR) is 79.3 cm³/mol. The zero-order chi connectivity index (χ0) is 14.3. The minimum absolute atomic E-state index is 0.161. The van der Waals surface area contributed by atoms with Crippen molar-refractivity contribution in [2.75, 3.05) is 6.61 Å². The summed E-state index contributed by atoms with van der Waals surface area (Å²) in [4.78, 5) is 0. The van der Waals surface area contributed by atoms with Crippen LogP contribution in [-0.2, 0) is 0 Å². The van der Waals surface area contributed by atoms with Crippen LogP contribution in [0.3, 0.4) is 0 Å². The van der Waals surface area contributed by atoms with Crippen molar-refractivity contribution in [1.82, 2.24) is 0 Å². The van der Waals surface area contributed by atoms with E-state index < -0.39 is 0 Å². The van der Waals surface area contributed by atoms with Gasteiger partial charge in [-0.05, 0) is 62.8 Å². The fourth-order valence-corrected chi connectivity index (χ4v) is 2.43. The average Bonchev–Trinajstić information content (AvgIpc) is 2.39. The highest BCUT2D eigenvalue weighted by atomic mass is 16.5. The molecule has 0 spiro atoms. The van der Waals surface area contributed by atoms with Crippen LogP contribution in [0.15, 0.2) is 18.2 Å². The summed E-state index contributed by atoms with van der Waals surface area (Å²) in [6.07, 6.45) is 3.69. The van der Waals surface area contributed by atoms with Gasteiger partial charge in [-0.15, -0.1) is 0 Å². The number of nitrogens with zero attached hydrogens (tertiary/aromatic N) is 1. The summed E-state index contributed by atoms with van der Waals surface area (Å²) in [6.45, 7) is 9.03. The minimum atomic E-state index is -0.161. The molecule has 0 bridgehead atoms. The Labute approximate surface area is 117 Å². The average molecular weight is 259 g/mol. The van der Waals surface area contributed by atoms with Crippen LogP contribution in [0.4, 0.5) is 0 Å². The van der Waals surface area contributed by atoms with Crippen molar-refractivity contribution < 1.29 is 4.74 Å². The Kier molecular flexibility index (Phi) is 5.89. The first kappa shape index (κ1) is 15.6. The number of nitriles is 1. The minimum Gasteiger partial charge on any atom is -0.494 e. The van der Waals surface area contributed by atoms with Gasteiger partial charge >= 0.3 is 0 Å². The van der Waals surface area contributed by atoms with E-state index in [1.165, 1.54) is 11.1 Å². The molecule has 0 saturated carbocycles. The normalized spacial score (nSPS) is 11.1. The van der Waals surface area contributed by atoms with Gasteiger partial charge in [0.05, 0.1) is 18.1 Å². The standard InChI is InChI=1S/C17H25NO/c1-5-17(6-2,13-18)8-7-9-19-16-11-14(3)10-15(4)12-16/h10-12H,5-9H2,1-4H3. The van der Waals surface area contributed by atoms with Crippen molar-refractivity contribution in [1.29, 1.82) is 5.26 Å². The van der Waals surface area contributed by atoms with Crippen molar-refractivity contribution in [3.63, 3.8) is 0 Å². The lowest BCUT2D eigenvalue weighted by Crippen LogP contribution is -2.17. The molecule has 19 heavy (non-hydrogen) atoms. The molecule has 2 nitrogen and oxygen atoms in total. The topological polar surface area (TPSA) is 33.0 Å². The lowest BCUT2D eigenvalue weighted by molar-refractivity contribution is 0.258. The Hall–Kier alpha value is -1.49. The molecule has 0 aliphatic carbocycles. The molecule has 0 atom stereocenters. The Morgan fingerprint density at radius 1 is 1.11 bits per heavy atom. The number of aryl methyl sites for hydroxylation is 2. The van der Waals surface area contributed by atoms with Crippen molar-refractivity contribution in [2.24, 2.45) is 5.41 Å². The lowest BCUT2D eigenvalue weighted by atomic mass is 9.80. The molecule has 0 unspecified atom stereocenters. The highest BCUT2D eigenvalue weighted by molar-refractivity contribution is 5.32. The monoisotopic (exact) mass is 259 g/mol. The molecule has 1 aromatic carbocycles. The molecule has 0 fully saturated rings. The maximum Gasteiger partial charge on any atom is 0.119 e. The van der Waals surface area contributed by atoms with E-state index in [1.54, 1.807) is 0 Å². The van der Waals surface area contributed by atoms with E-state index in [9.17, 15) is 5.26 Å². The lowest BCUT2D eigenvalue weighted by Gasteiger charge is -2.23. The van der Waals surface area contributed by atoms with Crippen molar-refractivity contribution >= 4 is 0 Å². The smallest absolute Gasteiger partial charge is 0.119 e. The molecule has 0 saturated heterocycles. The van der Waals surface area contributed by atoms with Gasteiger partial charge in [0, 0.05) is 0 Å². The summed E-state index contributed by atoms with van der Waals surface area (Å²) in [6, 6.07) is 8.74. The van der Waals surface area contributed by atoms with E-state index in [0.717, 1.165) is 31.4 Å². The maximum atomic E-state index is 9.27. The van der Waals surface area contributed by atoms with E-state index >= 15 is 0 Å². The Bertz CT molecular complexity index is 421. The van der Waals surface area contributed by atoms with Gasteiger partial charge in [-0.2, -0.15) is 5.26 Å². The molecular weight excluding hydrogens is 234 g/mol. The van der Waals surface area contributed by atoms with E-state index in [1.807, 2.05) is 0 Å². The van der Waals surface area contributed by atoms with E-state index in [-0.39, 0.29) is 5.41 Å². The van der Waals surface area contributed by atoms with Crippen molar-refractivity contribution in [3.8, 4) is 11.8 Å². The van der Waals surface area contributed by atoms with E-state index in [0.29, 0.717) is 6.61 Å². The highest BCUT2D eigenvalue weighted by Gasteiger charge is 2.24. The van der Waals surface area contributed by atoms with Gasteiger partial charge in [0.25, 0.3) is 0 Å². The van der Waals surface area contributed by atoms with Gasteiger partial charge in [-0.1, -0.05) is 19.9 Å². The summed E-state index contributed by atoms with van der Waals surface area (Å²) >= 11 is 0. The van der Waals surface area contributed by atoms with Crippen LogP contribution in [0, 0.1) is 30.6 Å². The number of benzene rings is 1. The highest BCUT2D eigenvalue weighted by Crippen LogP contribution is 2.31. The molecule has 0 amide bonds. The Morgan fingerprint density at radius 3 is 2.16 bits per heavy atom. The first-order chi connectivity index (χ1) is 9.05. The van der Waals surface area contributed by atoms with Gasteiger partial charge in [0.15, 0.2) is 0 Å². The zero-order valence-electron chi connectivity index (χ0n) is 12.6. The summed E-state index contributed by atoms with van der Waals surface area (Å²) in [7, 11) is 0. The first-order valence-electron chi connectivity index (χ1n) is 7.17. The predicted octanol–water partition coefficient (Wildman–Crippen LogP) is 4.79. The van der Waals surface area contributed by atoms with Crippen molar-refractivity contribution in [3.05, 3.63) is 29.3 Å². The number of rotatable bonds is 7. The molecule has 1 aromatic rings. The van der Waals surface area contributed by atoms with Crippen molar-refractivity contribution in [2.45, 2.75) is 53.4 Å². The fraction of sp³-hybridized carbons (Fsp3) is 0.588. The maximum absolute atomic E-state index is 9.27. The van der Waals surface area contributed by atoms with Gasteiger partial charge in [0.1, 0.15) is 5.75 Å². The van der Waals surface area contributed by atoms with Crippen LogP contribution in [0.1, 0.15) is 50.7 Å². The molecule has 104 valence electrons. The third-order valence-corrected chi connectivity index (χ3v) is 3.85. The molecule has 1 rings (SSSR count). The van der Waals surface area contributed by atoms with Crippen LogP contribution >= 0.6 is 0 Å². The molecule has 0 radical (unpaired) electrons. The largest absolute Gasteiger partial charge is 0.494 e. The Morgan fingerprint density at radius 2 is 1.68 bits per heavy atom. The third kappa shape index (κ3) is 4.59. The van der Waals surface area contributed by atoms with Gasteiger partial charge < -0.3 is 4.74 Å². The SMILES string of the molecule is CCC(C#N)(CC)CCCOc1cc(C)cc(C)c1. The summed E-state index contributed by atoms with van der Waals surface area (Å²) in [5, 5.41) is 9.27. The van der Waals surface area contributed by atoms with Gasteiger partial charge in [-0.25, -0.2) is 0 Å². The summed E-state index contributed by atoms with van der Waals surface area (Å²) < 4.78 is 5.79. The second-order valence-corrected chi connectivity index (χ2v) is 5.37. The van der Waals surface area contributed by atoms with Crippen LogP contribution in [0.5, 0.6) is 5.75 Å².